The topological polar surface area (TPSA) is 54.7 Å². The first kappa shape index (κ1) is 17.5. The van der Waals surface area contributed by atoms with Gasteiger partial charge in [-0.05, 0) is 55.2 Å². The summed E-state index contributed by atoms with van der Waals surface area (Å²) in [4.78, 5) is 4.32. The van der Waals surface area contributed by atoms with Crippen molar-refractivity contribution in [1.82, 2.24) is 4.98 Å². The lowest BCUT2D eigenvalue weighted by molar-refractivity contribution is 0.269. The van der Waals surface area contributed by atoms with E-state index in [0.29, 0.717) is 0 Å². The van der Waals surface area contributed by atoms with Crippen LogP contribution < -0.4 is 4.74 Å². The summed E-state index contributed by atoms with van der Waals surface area (Å²) in [6.45, 7) is 2.00. The second-order valence-corrected chi connectivity index (χ2v) is 6.92. The van der Waals surface area contributed by atoms with Crippen LogP contribution in [0.2, 0.25) is 0 Å². The molecule has 1 aromatic heterocycles. The molecule has 1 heterocycles. The minimum atomic E-state index is -0.0649. The highest BCUT2D eigenvalue weighted by atomic mass is 16.5. The van der Waals surface area contributed by atoms with Crippen LogP contribution >= 0.6 is 0 Å². The Morgan fingerprint density at radius 3 is 2.48 bits per heavy atom. The van der Waals surface area contributed by atoms with Crippen molar-refractivity contribution in [3.8, 4) is 5.75 Å². The van der Waals surface area contributed by atoms with Crippen LogP contribution in [-0.4, -0.2) is 23.5 Å². The van der Waals surface area contributed by atoms with Gasteiger partial charge in [0.05, 0.1) is 13.3 Å². The monoisotopic (exact) mass is 338 g/mol. The van der Waals surface area contributed by atoms with Gasteiger partial charge in [-0.1, -0.05) is 31.4 Å². The Labute approximate surface area is 149 Å². The SMILES string of the molecule is COc1ccc(C2(C(/C=N\O)c3ccnc(C)c3)CCCCC2)cc1. The van der Waals surface area contributed by atoms with Crippen molar-refractivity contribution in [2.24, 2.45) is 5.16 Å². The Bertz CT molecular complexity index is 719. The second kappa shape index (κ2) is 7.68. The Hall–Kier alpha value is -2.36. The summed E-state index contributed by atoms with van der Waals surface area (Å²) in [5.74, 6) is 0.884. The largest absolute Gasteiger partial charge is 0.497 e. The molecule has 0 aliphatic heterocycles. The van der Waals surface area contributed by atoms with Gasteiger partial charge in [-0.3, -0.25) is 4.98 Å². The van der Waals surface area contributed by atoms with Gasteiger partial charge >= 0.3 is 0 Å². The average molecular weight is 338 g/mol. The zero-order valence-electron chi connectivity index (χ0n) is 15.0. The number of pyridine rings is 1. The minimum Gasteiger partial charge on any atom is -0.497 e. The molecular formula is C21H26N2O2. The van der Waals surface area contributed by atoms with Gasteiger partial charge < -0.3 is 9.94 Å². The number of methoxy groups -OCH3 is 1. The van der Waals surface area contributed by atoms with Gasteiger partial charge in [-0.15, -0.1) is 5.16 Å². The molecule has 0 amide bonds. The Balaban J connectivity index is 2.10. The fourth-order valence-corrected chi connectivity index (χ4v) is 4.26. The molecule has 1 unspecified atom stereocenters. The molecule has 3 rings (SSSR count). The van der Waals surface area contributed by atoms with Gasteiger partial charge in [-0.25, -0.2) is 0 Å². The van der Waals surface area contributed by atoms with Crippen LogP contribution in [0.15, 0.2) is 47.8 Å². The van der Waals surface area contributed by atoms with Gasteiger partial charge in [0.1, 0.15) is 5.75 Å². The number of ether oxygens (including phenoxy) is 1. The normalized spacial score (nSPS) is 18.2. The molecule has 1 N–H and O–H groups in total. The third-order valence-corrected chi connectivity index (χ3v) is 5.50. The quantitative estimate of drug-likeness (QED) is 0.482. The molecule has 1 atom stereocenters. The number of benzene rings is 1. The molecular weight excluding hydrogens is 312 g/mol. The summed E-state index contributed by atoms with van der Waals surface area (Å²) >= 11 is 0. The number of hydrogen-bond acceptors (Lipinski definition) is 4. The number of nitrogens with zero attached hydrogens (tertiary/aromatic N) is 2. The summed E-state index contributed by atoms with van der Waals surface area (Å²) in [7, 11) is 1.69. The zero-order valence-corrected chi connectivity index (χ0v) is 15.0. The molecule has 0 spiro atoms. The van der Waals surface area contributed by atoms with Gasteiger partial charge in [0.15, 0.2) is 0 Å². The summed E-state index contributed by atoms with van der Waals surface area (Å²) in [5.41, 5.74) is 3.36. The van der Waals surface area contributed by atoms with Gasteiger partial charge in [0, 0.05) is 23.2 Å². The lowest BCUT2D eigenvalue weighted by Crippen LogP contribution is -2.37. The first-order valence-corrected chi connectivity index (χ1v) is 8.94. The lowest BCUT2D eigenvalue weighted by Gasteiger charge is -2.43. The molecule has 0 bridgehead atoms. The van der Waals surface area contributed by atoms with E-state index >= 15 is 0 Å². The van der Waals surface area contributed by atoms with Crippen LogP contribution in [0.4, 0.5) is 0 Å². The number of aryl methyl sites for hydroxylation is 1. The van der Waals surface area contributed by atoms with E-state index in [0.717, 1.165) is 29.8 Å². The standard InChI is InChI=1S/C21H26N2O2/c1-16-14-17(10-13-22-16)20(15-23-24)21(11-4-3-5-12-21)18-6-8-19(25-2)9-7-18/h6-10,13-15,20,24H,3-5,11-12H2,1-2H3/b23-15-. The van der Waals surface area contributed by atoms with E-state index in [1.165, 1.54) is 24.8 Å². The third-order valence-electron chi connectivity index (χ3n) is 5.50. The summed E-state index contributed by atoms with van der Waals surface area (Å²) in [6, 6.07) is 12.5. The maximum absolute atomic E-state index is 9.38. The predicted octanol–water partition coefficient (Wildman–Crippen LogP) is 4.84. The van der Waals surface area contributed by atoms with Crippen molar-refractivity contribution >= 4 is 6.21 Å². The molecule has 1 aliphatic rings. The highest BCUT2D eigenvalue weighted by Crippen LogP contribution is 2.49. The van der Waals surface area contributed by atoms with Crippen molar-refractivity contribution in [3.05, 3.63) is 59.4 Å². The zero-order chi connectivity index (χ0) is 17.7. The van der Waals surface area contributed by atoms with E-state index < -0.39 is 0 Å². The van der Waals surface area contributed by atoms with Gasteiger partial charge in [-0.2, -0.15) is 0 Å². The van der Waals surface area contributed by atoms with Crippen LogP contribution in [-0.2, 0) is 5.41 Å². The molecule has 1 aromatic carbocycles. The van der Waals surface area contributed by atoms with E-state index in [4.69, 9.17) is 4.74 Å². The molecule has 1 aliphatic carbocycles. The van der Waals surface area contributed by atoms with Crippen LogP contribution in [0.25, 0.3) is 0 Å². The average Bonchev–Trinajstić information content (AvgIpc) is 2.66. The van der Waals surface area contributed by atoms with Crippen molar-refractivity contribution in [1.29, 1.82) is 0 Å². The molecule has 1 saturated carbocycles. The van der Waals surface area contributed by atoms with Crippen molar-refractivity contribution in [2.45, 2.75) is 50.4 Å². The van der Waals surface area contributed by atoms with Crippen LogP contribution in [0, 0.1) is 6.92 Å². The Morgan fingerprint density at radius 2 is 1.88 bits per heavy atom. The Kier molecular flexibility index (Phi) is 5.37. The fourth-order valence-electron chi connectivity index (χ4n) is 4.26. The van der Waals surface area contributed by atoms with E-state index in [1.54, 1.807) is 13.3 Å². The second-order valence-electron chi connectivity index (χ2n) is 6.92. The molecule has 1 fully saturated rings. The Morgan fingerprint density at radius 1 is 1.16 bits per heavy atom. The highest BCUT2D eigenvalue weighted by Gasteiger charge is 2.41. The number of hydrogen-bond donors (Lipinski definition) is 1. The molecule has 2 aromatic rings. The third kappa shape index (κ3) is 3.53. The lowest BCUT2D eigenvalue weighted by atomic mass is 9.60. The van der Waals surface area contributed by atoms with E-state index in [9.17, 15) is 5.21 Å². The van der Waals surface area contributed by atoms with Crippen LogP contribution in [0.5, 0.6) is 5.75 Å². The molecule has 0 saturated heterocycles. The smallest absolute Gasteiger partial charge is 0.118 e. The first-order valence-electron chi connectivity index (χ1n) is 8.94. The summed E-state index contributed by atoms with van der Waals surface area (Å²) < 4.78 is 5.32. The maximum atomic E-state index is 9.38. The van der Waals surface area contributed by atoms with Gasteiger partial charge in [0.25, 0.3) is 0 Å². The van der Waals surface area contributed by atoms with Gasteiger partial charge in [0.2, 0.25) is 0 Å². The van der Waals surface area contributed by atoms with E-state index in [1.807, 2.05) is 31.3 Å². The van der Waals surface area contributed by atoms with Crippen LogP contribution in [0.3, 0.4) is 0 Å². The predicted molar refractivity (Wildman–Crippen MR) is 99.8 cm³/mol. The van der Waals surface area contributed by atoms with Crippen molar-refractivity contribution in [2.75, 3.05) is 7.11 Å². The van der Waals surface area contributed by atoms with E-state index in [-0.39, 0.29) is 11.3 Å². The molecule has 4 heteroatoms. The fraction of sp³-hybridized carbons (Fsp3) is 0.429. The first-order chi connectivity index (χ1) is 12.2. The van der Waals surface area contributed by atoms with Crippen LogP contribution in [0.1, 0.15) is 54.8 Å². The number of oxime groups is 1. The minimum absolute atomic E-state index is 0.0212. The van der Waals surface area contributed by atoms with Crippen molar-refractivity contribution in [3.63, 3.8) is 0 Å². The van der Waals surface area contributed by atoms with E-state index in [2.05, 4.69) is 28.3 Å². The molecule has 132 valence electrons. The molecule has 4 nitrogen and oxygen atoms in total. The number of aromatic nitrogens is 1. The number of rotatable bonds is 5. The maximum Gasteiger partial charge on any atom is 0.118 e. The molecule has 25 heavy (non-hydrogen) atoms. The molecule has 0 radical (unpaired) electrons. The summed E-state index contributed by atoms with van der Waals surface area (Å²) in [5, 5.41) is 12.8. The van der Waals surface area contributed by atoms with Crippen molar-refractivity contribution < 1.29 is 9.94 Å². The summed E-state index contributed by atoms with van der Waals surface area (Å²) in [6.07, 6.45) is 9.33. The highest BCUT2D eigenvalue weighted by molar-refractivity contribution is 5.71.